The lowest BCUT2D eigenvalue weighted by atomic mass is 9.69. The minimum absolute atomic E-state index is 0.00983. The number of fused-ring (bicyclic) bond motifs is 5. The molecule has 1 aromatic heterocycles. The SMILES string of the molecule is CCN1C(=O)C2(C(C#N)=C(N)Oc3nc4n(c(=O)c32)CCS4)c2cc(Br)ccc21. The second-order valence-electron chi connectivity index (χ2n) is 6.79. The van der Waals surface area contributed by atoms with E-state index < -0.39 is 11.3 Å². The number of thioether (sulfide) groups is 1. The number of likely N-dealkylation sites (N-methyl/N-ethyl adjacent to an activating group) is 1. The van der Waals surface area contributed by atoms with Crippen LogP contribution in [0.25, 0.3) is 0 Å². The van der Waals surface area contributed by atoms with Crippen molar-refractivity contribution in [1.29, 1.82) is 5.26 Å². The van der Waals surface area contributed by atoms with Crippen molar-refractivity contribution in [3.05, 3.63) is 55.6 Å². The molecule has 0 bridgehead atoms. The number of nitrogens with zero attached hydrogens (tertiary/aromatic N) is 4. The van der Waals surface area contributed by atoms with Gasteiger partial charge in [0.25, 0.3) is 5.56 Å². The summed E-state index contributed by atoms with van der Waals surface area (Å²) >= 11 is 4.88. The molecule has 3 aliphatic heterocycles. The first kappa shape index (κ1) is 18.3. The molecule has 2 aromatic rings. The number of nitriles is 1. The Morgan fingerprint density at radius 1 is 1.45 bits per heavy atom. The maximum absolute atomic E-state index is 13.8. The average molecular weight is 472 g/mol. The summed E-state index contributed by atoms with van der Waals surface area (Å²) in [6.07, 6.45) is 0. The molecular weight excluding hydrogens is 458 g/mol. The standard InChI is InChI=1S/C19H14BrN5O3S/c1-2-24-12-4-3-9(20)7-10(12)19(17(24)27)11(8-21)14(22)28-15-13(19)16(26)25-5-6-29-18(25)23-15/h3-4,7H,2,5-6,22H2,1H3. The number of carbonyl (C=O) groups excluding carboxylic acids is 1. The summed E-state index contributed by atoms with van der Waals surface area (Å²) in [5.41, 5.74) is 5.15. The highest BCUT2D eigenvalue weighted by atomic mass is 79.9. The van der Waals surface area contributed by atoms with Crippen molar-refractivity contribution >= 4 is 39.3 Å². The van der Waals surface area contributed by atoms with Crippen LogP contribution >= 0.6 is 27.7 Å². The van der Waals surface area contributed by atoms with Crippen LogP contribution in [0, 0.1) is 11.3 Å². The molecule has 2 N–H and O–H groups in total. The predicted octanol–water partition coefficient (Wildman–Crippen LogP) is 1.85. The van der Waals surface area contributed by atoms with Crippen molar-refractivity contribution < 1.29 is 9.53 Å². The maximum Gasteiger partial charge on any atom is 0.263 e. The van der Waals surface area contributed by atoms with Gasteiger partial charge in [0, 0.05) is 34.6 Å². The molecule has 1 aromatic carbocycles. The van der Waals surface area contributed by atoms with Crippen molar-refractivity contribution in [3.8, 4) is 11.9 Å². The van der Waals surface area contributed by atoms with Gasteiger partial charge in [-0.3, -0.25) is 14.2 Å². The van der Waals surface area contributed by atoms with Gasteiger partial charge >= 0.3 is 0 Å². The van der Waals surface area contributed by atoms with E-state index in [0.29, 0.717) is 35.2 Å². The Balaban J connectivity index is 1.98. The van der Waals surface area contributed by atoms with Gasteiger partial charge in [-0.1, -0.05) is 27.7 Å². The molecule has 0 aliphatic carbocycles. The number of rotatable bonds is 1. The lowest BCUT2D eigenvalue weighted by Gasteiger charge is -2.33. The second kappa shape index (κ2) is 6.11. The van der Waals surface area contributed by atoms with Crippen molar-refractivity contribution in [2.24, 2.45) is 5.73 Å². The number of nitrogens with two attached hydrogens (primary N) is 1. The van der Waals surface area contributed by atoms with Crippen molar-refractivity contribution in [1.82, 2.24) is 9.55 Å². The number of amides is 1. The van der Waals surface area contributed by atoms with Crippen molar-refractivity contribution in [2.45, 2.75) is 24.0 Å². The molecule has 0 saturated heterocycles. The van der Waals surface area contributed by atoms with Gasteiger partial charge in [-0.25, -0.2) is 0 Å². The van der Waals surface area contributed by atoms with Crippen molar-refractivity contribution in [2.75, 3.05) is 17.2 Å². The van der Waals surface area contributed by atoms with E-state index >= 15 is 0 Å². The minimum Gasteiger partial charge on any atom is -0.421 e. The molecule has 146 valence electrons. The Morgan fingerprint density at radius 3 is 2.97 bits per heavy atom. The van der Waals surface area contributed by atoms with Gasteiger partial charge in [0.05, 0.1) is 0 Å². The van der Waals surface area contributed by atoms with Crippen LogP contribution in [0.4, 0.5) is 5.69 Å². The molecule has 29 heavy (non-hydrogen) atoms. The molecule has 1 amide bonds. The zero-order valence-corrected chi connectivity index (χ0v) is 17.6. The Hall–Kier alpha value is -2.77. The van der Waals surface area contributed by atoms with Gasteiger partial charge in [0.1, 0.15) is 17.2 Å². The highest BCUT2D eigenvalue weighted by Gasteiger charge is 2.61. The zero-order chi connectivity index (χ0) is 20.5. The first-order valence-electron chi connectivity index (χ1n) is 8.93. The lowest BCUT2D eigenvalue weighted by Crippen LogP contribution is -2.50. The number of aromatic nitrogens is 2. The number of anilines is 1. The fraction of sp³-hybridized carbons (Fsp3) is 0.263. The number of carbonyl (C=O) groups is 1. The average Bonchev–Trinajstić information content (AvgIpc) is 3.24. The number of halogens is 1. The number of benzene rings is 1. The van der Waals surface area contributed by atoms with E-state index in [0.717, 1.165) is 4.47 Å². The summed E-state index contributed by atoms with van der Waals surface area (Å²) in [6, 6.07) is 7.41. The van der Waals surface area contributed by atoms with E-state index in [2.05, 4.69) is 20.9 Å². The van der Waals surface area contributed by atoms with Crippen LogP contribution in [0.1, 0.15) is 18.1 Å². The molecule has 10 heteroatoms. The molecule has 0 fully saturated rings. The van der Waals surface area contributed by atoms with Gasteiger partial charge in [-0.2, -0.15) is 10.2 Å². The Labute approximate surface area is 178 Å². The van der Waals surface area contributed by atoms with Crippen LogP contribution in [0.15, 0.2) is 44.1 Å². The molecule has 1 unspecified atom stereocenters. The summed E-state index contributed by atoms with van der Waals surface area (Å²) in [5, 5.41) is 10.5. The van der Waals surface area contributed by atoms with Gasteiger partial charge < -0.3 is 15.4 Å². The third-order valence-electron chi connectivity index (χ3n) is 5.50. The fourth-order valence-electron chi connectivity index (χ4n) is 4.32. The van der Waals surface area contributed by atoms with Gasteiger partial charge in [-0.15, -0.1) is 0 Å². The van der Waals surface area contributed by atoms with Crippen LogP contribution in [0.5, 0.6) is 5.88 Å². The molecular formula is C19H14BrN5O3S. The molecule has 0 radical (unpaired) electrons. The maximum atomic E-state index is 13.8. The van der Waals surface area contributed by atoms with Gasteiger partial charge in [0.15, 0.2) is 10.6 Å². The number of hydrogen-bond donors (Lipinski definition) is 1. The second-order valence-corrected chi connectivity index (χ2v) is 8.77. The zero-order valence-electron chi connectivity index (χ0n) is 15.2. The Bertz CT molecular complexity index is 1250. The molecule has 3 aliphatic rings. The Kier molecular flexibility index (Phi) is 3.85. The molecule has 4 heterocycles. The highest BCUT2D eigenvalue weighted by Crippen LogP contribution is 2.54. The van der Waals surface area contributed by atoms with Crippen molar-refractivity contribution in [3.63, 3.8) is 0 Å². The van der Waals surface area contributed by atoms with Crippen LogP contribution in [-0.4, -0.2) is 27.8 Å². The fourth-order valence-corrected chi connectivity index (χ4v) is 5.61. The molecule has 0 saturated carbocycles. The first-order chi connectivity index (χ1) is 13.9. The summed E-state index contributed by atoms with van der Waals surface area (Å²) in [6.45, 7) is 2.69. The number of ether oxygens (including phenoxy) is 1. The molecule has 1 spiro atoms. The third kappa shape index (κ3) is 2.12. The monoisotopic (exact) mass is 471 g/mol. The normalized spacial score (nSPS) is 21.7. The van der Waals surface area contributed by atoms with Crippen LogP contribution in [-0.2, 0) is 16.8 Å². The summed E-state index contributed by atoms with van der Waals surface area (Å²) in [7, 11) is 0. The Morgan fingerprint density at radius 2 is 2.24 bits per heavy atom. The van der Waals surface area contributed by atoms with E-state index in [1.165, 1.54) is 16.3 Å². The number of hydrogen-bond acceptors (Lipinski definition) is 7. The largest absolute Gasteiger partial charge is 0.421 e. The van der Waals surface area contributed by atoms with Gasteiger partial charge in [0.2, 0.25) is 17.7 Å². The summed E-state index contributed by atoms with van der Waals surface area (Å²) in [4.78, 5) is 33.4. The van der Waals surface area contributed by atoms with Crippen LogP contribution in [0.3, 0.4) is 0 Å². The van der Waals surface area contributed by atoms with Crippen LogP contribution < -0.4 is 20.9 Å². The van der Waals surface area contributed by atoms with E-state index in [-0.39, 0.29) is 28.5 Å². The van der Waals surface area contributed by atoms with Gasteiger partial charge in [-0.05, 0) is 25.1 Å². The predicted molar refractivity (Wildman–Crippen MR) is 110 cm³/mol. The highest BCUT2D eigenvalue weighted by molar-refractivity contribution is 9.10. The van der Waals surface area contributed by atoms with E-state index in [4.69, 9.17) is 10.5 Å². The third-order valence-corrected chi connectivity index (χ3v) is 6.95. The van der Waals surface area contributed by atoms with E-state index in [1.807, 2.05) is 19.1 Å². The van der Waals surface area contributed by atoms with Crippen LogP contribution in [0.2, 0.25) is 0 Å². The quantitative estimate of drug-likeness (QED) is 0.630. The summed E-state index contributed by atoms with van der Waals surface area (Å²) < 4.78 is 7.86. The molecule has 1 atom stereocenters. The molecule has 5 rings (SSSR count). The topological polar surface area (TPSA) is 114 Å². The smallest absolute Gasteiger partial charge is 0.263 e. The lowest BCUT2D eigenvalue weighted by molar-refractivity contribution is -0.121. The summed E-state index contributed by atoms with van der Waals surface area (Å²) in [5.74, 6) is 0.0762. The van der Waals surface area contributed by atoms with E-state index in [1.54, 1.807) is 17.0 Å². The first-order valence-corrected chi connectivity index (χ1v) is 10.7. The van der Waals surface area contributed by atoms with E-state index in [9.17, 15) is 14.9 Å². The molecule has 8 nitrogen and oxygen atoms in total. The minimum atomic E-state index is -1.68.